The summed E-state index contributed by atoms with van der Waals surface area (Å²) >= 11 is 0. The number of likely N-dealkylation sites (tertiary alicyclic amines) is 1. The van der Waals surface area contributed by atoms with Crippen molar-refractivity contribution in [2.45, 2.75) is 57.7 Å². The number of aliphatic hydroxyl groups is 1. The molecule has 1 aliphatic heterocycles. The molecule has 2 N–H and O–H groups in total. The van der Waals surface area contributed by atoms with Crippen LogP contribution < -0.4 is 4.74 Å². The minimum atomic E-state index is -0.629. The van der Waals surface area contributed by atoms with Gasteiger partial charge in [0.25, 0.3) is 11.7 Å². The first kappa shape index (κ1) is 21.3. The third-order valence-corrected chi connectivity index (χ3v) is 6.61. The summed E-state index contributed by atoms with van der Waals surface area (Å²) in [4.78, 5) is 31.5. The van der Waals surface area contributed by atoms with Crippen molar-refractivity contribution < 1.29 is 19.4 Å². The number of aromatic nitrogens is 1. The summed E-state index contributed by atoms with van der Waals surface area (Å²) in [5.74, 6) is -0.628. The van der Waals surface area contributed by atoms with Gasteiger partial charge < -0.3 is 19.7 Å². The summed E-state index contributed by atoms with van der Waals surface area (Å²) in [6.45, 7) is 3.89. The molecule has 6 nitrogen and oxygen atoms in total. The summed E-state index contributed by atoms with van der Waals surface area (Å²) in [5.41, 5.74) is 2.40. The molecule has 170 valence electrons. The Morgan fingerprint density at radius 2 is 1.76 bits per heavy atom. The van der Waals surface area contributed by atoms with E-state index in [9.17, 15) is 14.7 Å². The zero-order valence-electron chi connectivity index (χ0n) is 18.9. The first-order chi connectivity index (χ1) is 16.0. The molecule has 2 aliphatic rings. The van der Waals surface area contributed by atoms with E-state index in [1.807, 2.05) is 44.3 Å². The first-order valence-electron chi connectivity index (χ1n) is 11.6. The molecule has 1 aromatic heterocycles. The van der Waals surface area contributed by atoms with Crippen LogP contribution in [0.1, 0.15) is 56.7 Å². The number of para-hydroxylation sites is 1. The summed E-state index contributed by atoms with van der Waals surface area (Å²) in [5, 5.41) is 12.3. The highest BCUT2D eigenvalue weighted by Gasteiger charge is 2.49. The smallest absolute Gasteiger partial charge is 0.295 e. The number of benzene rings is 2. The van der Waals surface area contributed by atoms with Gasteiger partial charge in [-0.15, -0.1) is 0 Å². The maximum absolute atomic E-state index is 13.3. The van der Waals surface area contributed by atoms with Crippen LogP contribution in [0.2, 0.25) is 0 Å². The topological polar surface area (TPSA) is 82.6 Å². The number of nitrogens with zero attached hydrogens (tertiary/aromatic N) is 1. The van der Waals surface area contributed by atoms with Crippen LogP contribution in [0.25, 0.3) is 16.7 Å². The van der Waals surface area contributed by atoms with Crippen LogP contribution in [-0.4, -0.2) is 38.8 Å². The largest absolute Gasteiger partial charge is 0.507 e. The molecule has 5 rings (SSSR count). The van der Waals surface area contributed by atoms with E-state index < -0.39 is 17.7 Å². The Hall–Kier alpha value is -3.54. The highest BCUT2D eigenvalue weighted by Crippen LogP contribution is 2.45. The summed E-state index contributed by atoms with van der Waals surface area (Å²) in [6.07, 6.45) is 5.69. The zero-order chi connectivity index (χ0) is 23.1. The lowest BCUT2D eigenvalue weighted by Gasteiger charge is -2.30. The molecule has 1 aliphatic carbocycles. The summed E-state index contributed by atoms with van der Waals surface area (Å²) in [7, 11) is 0. The molecule has 0 radical (unpaired) electrons. The number of hydrogen-bond donors (Lipinski definition) is 2. The van der Waals surface area contributed by atoms with Crippen LogP contribution >= 0.6 is 0 Å². The molecular weight excluding hydrogens is 416 g/mol. The molecule has 6 heteroatoms. The summed E-state index contributed by atoms with van der Waals surface area (Å²) in [6, 6.07) is 14.2. The Bertz CT molecular complexity index is 1230. The zero-order valence-corrected chi connectivity index (χ0v) is 18.9. The summed E-state index contributed by atoms with van der Waals surface area (Å²) < 4.78 is 5.69. The van der Waals surface area contributed by atoms with Gasteiger partial charge in [0.05, 0.1) is 17.7 Å². The number of amides is 1. The fraction of sp³-hybridized carbons (Fsp3) is 0.333. The van der Waals surface area contributed by atoms with Gasteiger partial charge in [0.1, 0.15) is 11.5 Å². The van der Waals surface area contributed by atoms with Crippen LogP contribution in [0.5, 0.6) is 5.75 Å². The van der Waals surface area contributed by atoms with Crippen molar-refractivity contribution in [1.29, 1.82) is 0 Å². The number of ether oxygens (including phenoxy) is 1. The van der Waals surface area contributed by atoms with Crippen LogP contribution in [-0.2, 0) is 9.59 Å². The van der Waals surface area contributed by atoms with Crippen molar-refractivity contribution in [1.82, 2.24) is 9.88 Å². The Labute approximate surface area is 192 Å². The number of aromatic amines is 1. The monoisotopic (exact) mass is 444 g/mol. The standard InChI is InChI=1S/C27H28N2O4/c1-16(2)33-19-13-11-17(12-14-19)25(30)23-24(21-15-28-22-10-6-5-9-20(21)22)29(27(32)26(23)31)18-7-3-4-8-18/h5-6,9-16,18,24,28,30H,3-4,7-8H2,1-2H3/b25-23+. The van der Waals surface area contributed by atoms with E-state index >= 15 is 0 Å². The lowest BCUT2D eigenvalue weighted by atomic mass is 9.94. The number of fused-ring (bicyclic) bond motifs is 1. The predicted molar refractivity (Wildman–Crippen MR) is 127 cm³/mol. The molecular formula is C27H28N2O4. The number of aliphatic hydroxyl groups excluding tert-OH is 1. The molecule has 0 spiro atoms. The van der Waals surface area contributed by atoms with E-state index in [-0.39, 0.29) is 23.5 Å². The van der Waals surface area contributed by atoms with Gasteiger partial charge in [0.15, 0.2) is 0 Å². The SMILES string of the molecule is CC(C)Oc1ccc(/C(O)=C2\C(=O)C(=O)N(C3CCCC3)C2c2c[nH]c3ccccc23)cc1. The third-order valence-electron chi connectivity index (χ3n) is 6.61. The van der Waals surface area contributed by atoms with Crippen molar-refractivity contribution in [2.75, 3.05) is 0 Å². The quantitative estimate of drug-likeness (QED) is 0.317. The molecule has 33 heavy (non-hydrogen) atoms. The number of carbonyl (C=O) groups excluding carboxylic acids is 2. The normalized spacial score (nSPS) is 20.9. The molecule has 3 aromatic rings. The van der Waals surface area contributed by atoms with Gasteiger partial charge in [0.2, 0.25) is 0 Å². The molecule has 1 saturated carbocycles. The van der Waals surface area contributed by atoms with Crippen molar-refractivity contribution in [3.63, 3.8) is 0 Å². The Kier molecular flexibility index (Phi) is 5.44. The third kappa shape index (κ3) is 3.69. The fourth-order valence-corrected chi connectivity index (χ4v) is 5.15. The van der Waals surface area contributed by atoms with Crippen LogP contribution in [0.15, 0.2) is 60.3 Å². The van der Waals surface area contributed by atoms with E-state index in [0.717, 1.165) is 42.1 Å². The van der Waals surface area contributed by atoms with Crippen LogP contribution in [0.4, 0.5) is 0 Å². The van der Waals surface area contributed by atoms with E-state index in [2.05, 4.69) is 4.98 Å². The molecule has 1 saturated heterocycles. The number of Topliss-reactive ketones (excluding diaryl/α,β-unsaturated/α-hetero) is 1. The first-order valence-corrected chi connectivity index (χ1v) is 11.6. The number of ketones is 1. The second kappa shape index (κ2) is 8.43. The lowest BCUT2D eigenvalue weighted by molar-refractivity contribution is -0.141. The predicted octanol–water partition coefficient (Wildman–Crippen LogP) is 5.32. The van der Waals surface area contributed by atoms with Crippen molar-refractivity contribution in [3.8, 4) is 5.75 Å². The van der Waals surface area contributed by atoms with Crippen molar-refractivity contribution in [3.05, 3.63) is 71.4 Å². The maximum atomic E-state index is 13.3. The molecule has 2 fully saturated rings. The maximum Gasteiger partial charge on any atom is 0.295 e. The van der Waals surface area contributed by atoms with Gasteiger partial charge in [-0.1, -0.05) is 31.0 Å². The van der Waals surface area contributed by atoms with Gasteiger partial charge >= 0.3 is 0 Å². The minimum absolute atomic E-state index is 0.00719. The number of nitrogens with one attached hydrogen (secondary N) is 1. The molecule has 2 heterocycles. The average Bonchev–Trinajstić information content (AvgIpc) is 3.53. The van der Waals surface area contributed by atoms with Crippen LogP contribution in [0.3, 0.4) is 0 Å². The highest BCUT2D eigenvalue weighted by molar-refractivity contribution is 6.46. The van der Waals surface area contributed by atoms with Crippen molar-refractivity contribution >= 4 is 28.4 Å². The Morgan fingerprint density at radius 1 is 1.06 bits per heavy atom. The number of H-pyrrole nitrogens is 1. The van der Waals surface area contributed by atoms with Gasteiger partial charge in [-0.2, -0.15) is 0 Å². The highest BCUT2D eigenvalue weighted by atomic mass is 16.5. The van der Waals surface area contributed by atoms with Crippen molar-refractivity contribution in [2.24, 2.45) is 0 Å². The molecule has 1 amide bonds. The van der Waals surface area contributed by atoms with Gasteiger partial charge in [-0.05, 0) is 57.0 Å². The number of carbonyl (C=O) groups is 2. The van der Waals surface area contributed by atoms with E-state index in [1.165, 1.54) is 0 Å². The minimum Gasteiger partial charge on any atom is -0.507 e. The lowest BCUT2D eigenvalue weighted by Crippen LogP contribution is -2.37. The molecule has 2 aromatic carbocycles. The fourth-order valence-electron chi connectivity index (χ4n) is 5.15. The van der Waals surface area contributed by atoms with Gasteiger partial charge in [-0.25, -0.2) is 0 Å². The molecule has 1 unspecified atom stereocenters. The van der Waals surface area contributed by atoms with Crippen LogP contribution in [0, 0.1) is 0 Å². The van der Waals surface area contributed by atoms with E-state index in [4.69, 9.17) is 4.74 Å². The van der Waals surface area contributed by atoms with E-state index in [1.54, 1.807) is 29.2 Å². The Balaban J connectivity index is 1.65. The van der Waals surface area contributed by atoms with E-state index in [0.29, 0.717) is 11.3 Å². The Morgan fingerprint density at radius 3 is 2.45 bits per heavy atom. The second-order valence-corrected chi connectivity index (χ2v) is 9.13. The number of hydrogen-bond acceptors (Lipinski definition) is 4. The molecule has 1 atom stereocenters. The second-order valence-electron chi connectivity index (χ2n) is 9.13. The molecule has 0 bridgehead atoms. The number of rotatable bonds is 5. The van der Waals surface area contributed by atoms with Gasteiger partial charge in [0, 0.05) is 34.3 Å². The average molecular weight is 445 g/mol. The van der Waals surface area contributed by atoms with Gasteiger partial charge in [-0.3, -0.25) is 9.59 Å².